The van der Waals surface area contributed by atoms with Crippen LogP contribution in [0.1, 0.15) is 39.3 Å². The molecule has 21 heavy (non-hydrogen) atoms. The first-order chi connectivity index (χ1) is 9.56. The monoisotopic (exact) mass is 405 g/mol. The predicted molar refractivity (Wildman–Crippen MR) is 101 cm³/mol. The van der Waals surface area contributed by atoms with Crippen molar-refractivity contribution in [2.45, 2.75) is 33.7 Å². The van der Waals surface area contributed by atoms with E-state index in [1.54, 1.807) is 7.05 Å². The van der Waals surface area contributed by atoms with E-state index < -0.39 is 0 Å². The Morgan fingerprint density at radius 2 is 1.81 bits per heavy atom. The zero-order valence-corrected chi connectivity index (χ0v) is 16.0. The van der Waals surface area contributed by atoms with Crippen LogP contribution in [-0.4, -0.2) is 26.2 Å². The Morgan fingerprint density at radius 3 is 2.29 bits per heavy atom. The van der Waals surface area contributed by atoms with Crippen molar-refractivity contribution in [3.8, 4) is 5.75 Å². The second-order valence-electron chi connectivity index (χ2n) is 5.24. The molecule has 2 N–H and O–H groups in total. The Bertz CT molecular complexity index is 418. The van der Waals surface area contributed by atoms with Crippen LogP contribution >= 0.6 is 24.0 Å². The van der Waals surface area contributed by atoms with Crippen molar-refractivity contribution in [2.75, 3.05) is 20.2 Å². The minimum Gasteiger partial charge on any atom is -0.493 e. The average Bonchev–Trinajstić information content (AvgIpc) is 2.45. The number of hydrogen-bond donors (Lipinski definition) is 2. The van der Waals surface area contributed by atoms with Gasteiger partial charge in [0.1, 0.15) is 5.75 Å². The molecule has 1 atom stereocenters. The van der Waals surface area contributed by atoms with E-state index in [-0.39, 0.29) is 30.0 Å². The van der Waals surface area contributed by atoms with Crippen LogP contribution in [0.5, 0.6) is 5.75 Å². The van der Waals surface area contributed by atoms with Gasteiger partial charge in [-0.3, -0.25) is 4.99 Å². The molecule has 1 aromatic carbocycles. The third kappa shape index (κ3) is 7.55. The normalized spacial score (nSPS) is 12.6. The Morgan fingerprint density at radius 1 is 1.19 bits per heavy atom. The summed E-state index contributed by atoms with van der Waals surface area (Å²) in [6.07, 6.45) is 0. The minimum atomic E-state index is 0. The number of guanidine groups is 1. The number of aliphatic imine (C=N–C) groups is 1. The third-order valence-electron chi connectivity index (χ3n) is 2.88. The van der Waals surface area contributed by atoms with Crippen LogP contribution in [0.3, 0.4) is 0 Å². The van der Waals surface area contributed by atoms with Crippen molar-refractivity contribution in [1.82, 2.24) is 10.6 Å². The van der Waals surface area contributed by atoms with Crippen LogP contribution in [0.25, 0.3) is 0 Å². The number of ether oxygens (including phenoxy) is 1. The molecule has 1 aromatic rings. The molecular weight excluding hydrogens is 377 g/mol. The van der Waals surface area contributed by atoms with Gasteiger partial charge in [-0.05, 0) is 37.5 Å². The third-order valence-corrected chi connectivity index (χ3v) is 2.88. The lowest BCUT2D eigenvalue weighted by molar-refractivity contribution is 0.271. The maximum atomic E-state index is 5.69. The van der Waals surface area contributed by atoms with E-state index in [2.05, 4.69) is 55.5 Å². The lowest BCUT2D eigenvalue weighted by Crippen LogP contribution is -2.38. The number of rotatable bonds is 6. The van der Waals surface area contributed by atoms with Gasteiger partial charge in [-0.2, -0.15) is 0 Å². The molecule has 0 radical (unpaired) electrons. The lowest BCUT2D eigenvalue weighted by atomic mass is 10.1. The molecule has 0 amide bonds. The van der Waals surface area contributed by atoms with Crippen molar-refractivity contribution in [2.24, 2.45) is 10.9 Å². The molecule has 120 valence electrons. The molecule has 0 spiro atoms. The SMILES string of the molecule is CCNC(=NC)NC(C)c1ccc(OCC(C)C)cc1.I. The van der Waals surface area contributed by atoms with Crippen LogP contribution in [0.2, 0.25) is 0 Å². The molecular formula is C16H28IN3O. The molecule has 0 fully saturated rings. The van der Waals surface area contributed by atoms with Gasteiger partial charge in [0.15, 0.2) is 5.96 Å². The van der Waals surface area contributed by atoms with Crippen molar-refractivity contribution >= 4 is 29.9 Å². The second-order valence-corrected chi connectivity index (χ2v) is 5.24. The fourth-order valence-electron chi connectivity index (χ4n) is 1.77. The predicted octanol–water partition coefficient (Wildman–Crippen LogP) is 3.59. The maximum Gasteiger partial charge on any atom is 0.191 e. The number of benzene rings is 1. The Kier molecular flexibility index (Phi) is 10.2. The quantitative estimate of drug-likeness (QED) is 0.432. The summed E-state index contributed by atoms with van der Waals surface area (Å²) >= 11 is 0. The maximum absolute atomic E-state index is 5.69. The summed E-state index contributed by atoms with van der Waals surface area (Å²) in [6.45, 7) is 10.1. The van der Waals surface area contributed by atoms with Crippen LogP contribution < -0.4 is 15.4 Å². The van der Waals surface area contributed by atoms with E-state index in [4.69, 9.17) is 4.74 Å². The topological polar surface area (TPSA) is 45.7 Å². The fourth-order valence-corrected chi connectivity index (χ4v) is 1.77. The highest BCUT2D eigenvalue weighted by Crippen LogP contribution is 2.18. The van der Waals surface area contributed by atoms with Gasteiger partial charge in [-0.15, -0.1) is 24.0 Å². The standard InChI is InChI=1S/C16H27N3O.HI/c1-6-18-16(17-5)19-13(4)14-7-9-15(10-8-14)20-11-12(2)3;/h7-10,12-13H,6,11H2,1-5H3,(H2,17,18,19);1H. The first kappa shape index (κ1) is 20.0. The molecule has 4 nitrogen and oxygen atoms in total. The summed E-state index contributed by atoms with van der Waals surface area (Å²) in [4.78, 5) is 4.18. The Hall–Kier alpha value is -0.980. The van der Waals surface area contributed by atoms with Crippen molar-refractivity contribution in [1.29, 1.82) is 0 Å². The van der Waals surface area contributed by atoms with Gasteiger partial charge in [-0.1, -0.05) is 26.0 Å². The molecule has 1 rings (SSSR count). The number of halogens is 1. The summed E-state index contributed by atoms with van der Waals surface area (Å²) in [5.41, 5.74) is 1.21. The number of hydrogen-bond acceptors (Lipinski definition) is 2. The highest BCUT2D eigenvalue weighted by Gasteiger charge is 2.07. The summed E-state index contributed by atoms with van der Waals surface area (Å²) in [7, 11) is 1.78. The molecule has 5 heteroatoms. The number of nitrogens with zero attached hydrogens (tertiary/aromatic N) is 1. The van der Waals surface area contributed by atoms with Crippen molar-refractivity contribution in [3.63, 3.8) is 0 Å². The van der Waals surface area contributed by atoms with Gasteiger partial charge in [0.25, 0.3) is 0 Å². The summed E-state index contributed by atoms with van der Waals surface area (Å²) in [5.74, 6) is 2.28. The molecule has 0 aromatic heterocycles. The van der Waals surface area contributed by atoms with Crippen LogP contribution in [0.15, 0.2) is 29.3 Å². The average molecular weight is 405 g/mol. The largest absolute Gasteiger partial charge is 0.493 e. The van der Waals surface area contributed by atoms with Gasteiger partial charge in [-0.25, -0.2) is 0 Å². The van der Waals surface area contributed by atoms with Crippen LogP contribution in [0.4, 0.5) is 0 Å². The first-order valence-electron chi connectivity index (χ1n) is 7.26. The van der Waals surface area contributed by atoms with Crippen molar-refractivity contribution in [3.05, 3.63) is 29.8 Å². The molecule has 0 saturated carbocycles. The van der Waals surface area contributed by atoms with Crippen molar-refractivity contribution < 1.29 is 4.74 Å². The number of nitrogens with one attached hydrogen (secondary N) is 2. The summed E-state index contributed by atoms with van der Waals surface area (Å²) < 4.78 is 5.69. The van der Waals surface area contributed by atoms with Crippen LogP contribution in [-0.2, 0) is 0 Å². The molecule has 1 unspecified atom stereocenters. The molecule has 0 aliphatic heterocycles. The van der Waals surface area contributed by atoms with Gasteiger partial charge in [0, 0.05) is 13.6 Å². The molecule has 0 aliphatic rings. The lowest BCUT2D eigenvalue weighted by Gasteiger charge is -2.18. The van der Waals surface area contributed by atoms with Gasteiger partial charge >= 0.3 is 0 Å². The molecule has 0 bridgehead atoms. The summed E-state index contributed by atoms with van der Waals surface area (Å²) in [6, 6.07) is 8.42. The van der Waals surface area contributed by atoms with E-state index in [0.29, 0.717) is 5.92 Å². The smallest absolute Gasteiger partial charge is 0.191 e. The summed E-state index contributed by atoms with van der Waals surface area (Å²) in [5, 5.41) is 6.54. The highest BCUT2D eigenvalue weighted by atomic mass is 127. The molecule has 0 saturated heterocycles. The minimum absolute atomic E-state index is 0. The second kappa shape index (κ2) is 10.7. The highest BCUT2D eigenvalue weighted by molar-refractivity contribution is 14.0. The van der Waals surface area contributed by atoms with Gasteiger partial charge < -0.3 is 15.4 Å². The van der Waals surface area contributed by atoms with E-state index in [0.717, 1.165) is 24.9 Å². The molecule has 0 aliphatic carbocycles. The fraction of sp³-hybridized carbons (Fsp3) is 0.562. The van der Waals surface area contributed by atoms with E-state index in [1.807, 2.05) is 12.1 Å². The van der Waals surface area contributed by atoms with Crippen LogP contribution in [0, 0.1) is 5.92 Å². The first-order valence-corrected chi connectivity index (χ1v) is 7.26. The van der Waals surface area contributed by atoms with Gasteiger partial charge in [0.05, 0.1) is 12.6 Å². The zero-order chi connectivity index (χ0) is 15.0. The van der Waals surface area contributed by atoms with Gasteiger partial charge in [0.2, 0.25) is 0 Å². The molecule has 0 heterocycles. The Balaban J connectivity index is 0.00000400. The van der Waals surface area contributed by atoms with E-state index in [9.17, 15) is 0 Å². The van der Waals surface area contributed by atoms with E-state index in [1.165, 1.54) is 5.56 Å². The zero-order valence-electron chi connectivity index (χ0n) is 13.6. The van der Waals surface area contributed by atoms with E-state index >= 15 is 0 Å². The Labute approximate surface area is 145 Å².